The minimum Gasteiger partial charge on any atom is -0.455 e. The third kappa shape index (κ3) is 3.61. The highest BCUT2D eigenvalue weighted by Gasteiger charge is 2.05. The van der Waals surface area contributed by atoms with E-state index in [-0.39, 0.29) is 0 Å². The highest BCUT2D eigenvalue weighted by molar-refractivity contribution is 7.11. The van der Waals surface area contributed by atoms with Gasteiger partial charge in [0.15, 0.2) is 5.75 Å². The number of ether oxygens (including phenoxy) is 1. The number of hydrogen-bond acceptors (Lipinski definition) is 4. The van der Waals surface area contributed by atoms with Gasteiger partial charge in [-0.3, -0.25) is 0 Å². The molecule has 3 aromatic rings. The average molecular weight is 296 g/mol. The standard InChI is InChI=1S/C17H16N2OS/c1-13-18-11-15(21-13)12-19-16-9-5-6-10-17(16)20-14-7-3-2-4-8-14/h2-11,19H,12H2,1H3. The Morgan fingerprint density at radius 3 is 2.57 bits per heavy atom. The summed E-state index contributed by atoms with van der Waals surface area (Å²) in [5.41, 5.74) is 0.979. The van der Waals surface area contributed by atoms with Crippen LogP contribution >= 0.6 is 11.3 Å². The number of nitrogens with zero attached hydrogens (tertiary/aromatic N) is 1. The van der Waals surface area contributed by atoms with Crippen LogP contribution in [0.3, 0.4) is 0 Å². The highest BCUT2D eigenvalue weighted by atomic mass is 32.1. The minimum absolute atomic E-state index is 0.751. The van der Waals surface area contributed by atoms with Crippen molar-refractivity contribution in [2.24, 2.45) is 0 Å². The van der Waals surface area contributed by atoms with Crippen molar-refractivity contribution in [1.82, 2.24) is 4.98 Å². The van der Waals surface area contributed by atoms with Crippen molar-refractivity contribution in [2.45, 2.75) is 13.5 Å². The van der Waals surface area contributed by atoms with Crippen LogP contribution in [0.4, 0.5) is 5.69 Å². The first-order valence-electron chi connectivity index (χ1n) is 6.78. The van der Waals surface area contributed by atoms with Crippen LogP contribution in [-0.4, -0.2) is 4.98 Å². The molecule has 0 atom stereocenters. The summed E-state index contributed by atoms with van der Waals surface area (Å²) in [6.07, 6.45) is 1.91. The highest BCUT2D eigenvalue weighted by Crippen LogP contribution is 2.29. The zero-order valence-corrected chi connectivity index (χ0v) is 12.6. The molecule has 1 N–H and O–H groups in total. The Hall–Kier alpha value is -2.33. The van der Waals surface area contributed by atoms with Gasteiger partial charge in [-0.05, 0) is 31.2 Å². The van der Waals surface area contributed by atoms with Crippen LogP contribution in [0, 0.1) is 6.92 Å². The molecule has 0 aliphatic heterocycles. The molecule has 2 aromatic carbocycles. The maximum atomic E-state index is 5.93. The molecule has 0 saturated carbocycles. The summed E-state index contributed by atoms with van der Waals surface area (Å²) in [4.78, 5) is 5.48. The maximum absolute atomic E-state index is 5.93. The fourth-order valence-electron chi connectivity index (χ4n) is 1.99. The Labute approximate surface area is 128 Å². The molecule has 0 unspecified atom stereocenters. The maximum Gasteiger partial charge on any atom is 0.150 e. The smallest absolute Gasteiger partial charge is 0.150 e. The molecule has 0 amide bonds. The van der Waals surface area contributed by atoms with E-state index in [4.69, 9.17) is 4.74 Å². The first-order chi connectivity index (χ1) is 10.3. The molecular weight excluding hydrogens is 280 g/mol. The minimum atomic E-state index is 0.751. The second kappa shape index (κ2) is 6.41. The Morgan fingerprint density at radius 2 is 1.81 bits per heavy atom. The molecule has 0 spiro atoms. The van der Waals surface area contributed by atoms with Gasteiger partial charge in [0.1, 0.15) is 5.75 Å². The Balaban J connectivity index is 1.73. The zero-order chi connectivity index (χ0) is 14.5. The van der Waals surface area contributed by atoms with E-state index in [1.165, 1.54) is 4.88 Å². The van der Waals surface area contributed by atoms with Crippen LogP contribution in [0.1, 0.15) is 9.88 Å². The van der Waals surface area contributed by atoms with Crippen molar-refractivity contribution in [3.63, 3.8) is 0 Å². The summed E-state index contributed by atoms with van der Waals surface area (Å²) in [6, 6.07) is 17.8. The van der Waals surface area contributed by atoms with Crippen molar-refractivity contribution < 1.29 is 4.74 Å². The summed E-state index contributed by atoms with van der Waals surface area (Å²) >= 11 is 1.70. The summed E-state index contributed by atoms with van der Waals surface area (Å²) in [6.45, 7) is 2.77. The predicted octanol–water partition coefficient (Wildman–Crippen LogP) is 4.86. The van der Waals surface area contributed by atoms with Gasteiger partial charge in [-0.25, -0.2) is 4.98 Å². The summed E-state index contributed by atoms with van der Waals surface area (Å²) in [5, 5.41) is 4.49. The van der Waals surface area contributed by atoms with Crippen molar-refractivity contribution in [3.8, 4) is 11.5 Å². The Morgan fingerprint density at radius 1 is 1.05 bits per heavy atom. The molecule has 0 bridgehead atoms. The van der Waals surface area contributed by atoms with Gasteiger partial charge >= 0.3 is 0 Å². The monoisotopic (exact) mass is 296 g/mol. The lowest BCUT2D eigenvalue weighted by atomic mass is 10.3. The number of thiazole rings is 1. The van der Waals surface area contributed by atoms with Gasteiger partial charge < -0.3 is 10.1 Å². The summed E-state index contributed by atoms with van der Waals surface area (Å²) in [5.74, 6) is 1.66. The van der Waals surface area contributed by atoms with Crippen molar-refractivity contribution >= 4 is 17.0 Å². The molecule has 0 saturated heterocycles. The fourth-order valence-corrected chi connectivity index (χ4v) is 2.72. The SMILES string of the molecule is Cc1ncc(CNc2ccccc2Oc2ccccc2)s1. The molecule has 106 valence electrons. The molecule has 3 nitrogen and oxygen atoms in total. The summed E-state index contributed by atoms with van der Waals surface area (Å²) in [7, 11) is 0. The molecular formula is C17H16N2OS. The van der Waals surface area contributed by atoms with Crippen LogP contribution in [0.15, 0.2) is 60.8 Å². The van der Waals surface area contributed by atoms with E-state index >= 15 is 0 Å². The number of para-hydroxylation sites is 3. The zero-order valence-electron chi connectivity index (χ0n) is 11.7. The van der Waals surface area contributed by atoms with Crippen LogP contribution in [0.5, 0.6) is 11.5 Å². The van der Waals surface area contributed by atoms with E-state index in [0.29, 0.717) is 0 Å². The van der Waals surface area contributed by atoms with E-state index < -0.39 is 0 Å². The van der Waals surface area contributed by atoms with E-state index in [1.54, 1.807) is 11.3 Å². The number of aromatic nitrogens is 1. The second-order valence-electron chi connectivity index (χ2n) is 4.61. The molecule has 0 aliphatic carbocycles. The quantitative estimate of drug-likeness (QED) is 0.730. The first kappa shape index (κ1) is 13.6. The largest absolute Gasteiger partial charge is 0.455 e. The number of nitrogens with one attached hydrogen (secondary N) is 1. The van der Waals surface area contributed by atoms with Gasteiger partial charge in [-0.15, -0.1) is 11.3 Å². The average Bonchev–Trinajstić information content (AvgIpc) is 2.93. The van der Waals surface area contributed by atoms with E-state index in [2.05, 4.69) is 10.3 Å². The summed E-state index contributed by atoms with van der Waals surface area (Å²) < 4.78 is 5.93. The Bertz CT molecular complexity index is 710. The molecule has 1 heterocycles. The van der Waals surface area contributed by atoms with Crippen LogP contribution in [-0.2, 0) is 6.54 Å². The van der Waals surface area contributed by atoms with Gasteiger partial charge in [0.05, 0.1) is 17.2 Å². The van der Waals surface area contributed by atoms with E-state index in [1.807, 2.05) is 67.7 Å². The van der Waals surface area contributed by atoms with Gasteiger partial charge in [0.25, 0.3) is 0 Å². The second-order valence-corrected chi connectivity index (χ2v) is 5.93. The van der Waals surface area contributed by atoms with Gasteiger partial charge in [-0.2, -0.15) is 0 Å². The van der Waals surface area contributed by atoms with E-state index in [0.717, 1.165) is 28.7 Å². The van der Waals surface area contributed by atoms with E-state index in [9.17, 15) is 0 Å². The van der Waals surface area contributed by atoms with Crippen molar-refractivity contribution in [1.29, 1.82) is 0 Å². The number of benzene rings is 2. The molecule has 4 heteroatoms. The molecule has 21 heavy (non-hydrogen) atoms. The lowest BCUT2D eigenvalue weighted by Crippen LogP contribution is -1.99. The third-order valence-electron chi connectivity index (χ3n) is 2.98. The molecule has 0 aliphatic rings. The van der Waals surface area contributed by atoms with Crippen molar-refractivity contribution in [3.05, 3.63) is 70.7 Å². The first-order valence-corrected chi connectivity index (χ1v) is 7.60. The normalized spacial score (nSPS) is 10.3. The Kier molecular flexibility index (Phi) is 4.17. The molecule has 0 fully saturated rings. The third-order valence-corrected chi connectivity index (χ3v) is 3.89. The lowest BCUT2D eigenvalue weighted by Gasteiger charge is -2.12. The topological polar surface area (TPSA) is 34.2 Å². The lowest BCUT2D eigenvalue weighted by molar-refractivity contribution is 0.484. The number of anilines is 1. The number of aryl methyl sites for hydroxylation is 1. The van der Waals surface area contributed by atoms with Crippen LogP contribution < -0.4 is 10.1 Å². The number of rotatable bonds is 5. The van der Waals surface area contributed by atoms with Gasteiger partial charge in [0, 0.05) is 11.1 Å². The molecule has 1 aromatic heterocycles. The molecule has 3 rings (SSSR count). The molecule has 0 radical (unpaired) electrons. The van der Waals surface area contributed by atoms with Crippen LogP contribution in [0.25, 0.3) is 0 Å². The fraction of sp³-hybridized carbons (Fsp3) is 0.118. The van der Waals surface area contributed by atoms with Crippen molar-refractivity contribution in [2.75, 3.05) is 5.32 Å². The van der Waals surface area contributed by atoms with Crippen LogP contribution in [0.2, 0.25) is 0 Å². The van der Waals surface area contributed by atoms with Gasteiger partial charge in [0.2, 0.25) is 0 Å². The number of hydrogen-bond donors (Lipinski definition) is 1. The predicted molar refractivity (Wildman–Crippen MR) is 87.1 cm³/mol. The van der Waals surface area contributed by atoms with Gasteiger partial charge in [-0.1, -0.05) is 30.3 Å².